The molecule has 8 heteroatoms. The van der Waals surface area contributed by atoms with Crippen LogP contribution >= 0.6 is 11.3 Å². The van der Waals surface area contributed by atoms with Crippen molar-refractivity contribution < 1.29 is 19.4 Å². The van der Waals surface area contributed by atoms with Crippen molar-refractivity contribution in [2.24, 2.45) is 0 Å². The molecule has 3 rings (SSSR count). The van der Waals surface area contributed by atoms with E-state index in [1.54, 1.807) is 13.8 Å². The first-order valence-electron chi connectivity index (χ1n) is 8.30. The SMILES string of the molecule is CCOC(=O)C1CCCc2sc3nc(C)n(C(C)C(=O)O)c(=O)c3c21. The summed E-state index contributed by atoms with van der Waals surface area (Å²) in [4.78, 5) is 42.8. The van der Waals surface area contributed by atoms with Crippen molar-refractivity contribution in [2.75, 3.05) is 6.61 Å². The normalized spacial score (nSPS) is 18.0. The van der Waals surface area contributed by atoms with Gasteiger partial charge in [0.25, 0.3) is 5.56 Å². The molecule has 2 aromatic heterocycles. The van der Waals surface area contributed by atoms with E-state index in [9.17, 15) is 19.5 Å². The zero-order valence-corrected chi connectivity index (χ0v) is 15.2. The molecule has 0 saturated heterocycles. The van der Waals surface area contributed by atoms with E-state index >= 15 is 0 Å². The molecule has 0 aromatic carbocycles. The largest absolute Gasteiger partial charge is 0.480 e. The van der Waals surface area contributed by atoms with Crippen LogP contribution in [0.5, 0.6) is 0 Å². The standard InChI is InChI=1S/C17H20N2O5S/c1-4-24-17(23)10-6-5-7-11-12(10)13-14(25-11)18-9(3)19(15(13)20)8(2)16(21)22/h8,10H,4-7H2,1-3H3,(H,21,22). The number of hydrogen-bond acceptors (Lipinski definition) is 6. The fourth-order valence-corrected chi connectivity index (χ4v) is 4.75. The topological polar surface area (TPSA) is 98.5 Å². The Morgan fingerprint density at radius 1 is 1.48 bits per heavy atom. The van der Waals surface area contributed by atoms with E-state index in [4.69, 9.17) is 4.74 Å². The smallest absolute Gasteiger partial charge is 0.326 e. The van der Waals surface area contributed by atoms with E-state index in [1.165, 1.54) is 22.8 Å². The van der Waals surface area contributed by atoms with E-state index in [-0.39, 0.29) is 12.6 Å². The van der Waals surface area contributed by atoms with Crippen molar-refractivity contribution in [1.82, 2.24) is 9.55 Å². The zero-order chi connectivity index (χ0) is 18.3. The summed E-state index contributed by atoms with van der Waals surface area (Å²) in [7, 11) is 0. The van der Waals surface area contributed by atoms with Crippen molar-refractivity contribution in [1.29, 1.82) is 0 Å². The monoisotopic (exact) mass is 364 g/mol. The molecule has 0 spiro atoms. The molecule has 0 aliphatic heterocycles. The van der Waals surface area contributed by atoms with E-state index in [0.717, 1.165) is 17.7 Å². The third-order valence-corrected chi connectivity index (χ3v) is 5.77. The number of carbonyl (C=O) groups is 2. The molecule has 2 heterocycles. The number of nitrogens with zero attached hydrogens (tertiary/aromatic N) is 2. The molecule has 0 radical (unpaired) electrons. The second-order valence-electron chi connectivity index (χ2n) is 6.16. The summed E-state index contributed by atoms with van der Waals surface area (Å²) in [6.45, 7) is 5.11. The molecule has 2 unspecified atom stereocenters. The molecular formula is C17H20N2O5S. The molecule has 25 heavy (non-hydrogen) atoms. The van der Waals surface area contributed by atoms with E-state index in [0.29, 0.717) is 28.0 Å². The average molecular weight is 364 g/mol. The van der Waals surface area contributed by atoms with Gasteiger partial charge in [-0.15, -0.1) is 11.3 Å². The Bertz CT molecular complexity index is 914. The van der Waals surface area contributed by atoms with Crippen LogP contribution in [0.1, 0.15) is 54.9 Å². The Morgan fingerprint density at radius 3 is 2.84 bits per heavy atom. The predicted molar refractivity (Wildman–Crippen MR) is 93.3 cm³/mol. The van der Waals surface area contributed by atoms with Crippen LogP contribution in [-0.2, 0) is 20.7 Å². The number of aliphatic carboxylic acids is 1. The molecule has 0 bridgehead atoms. The maximum absolute atomic E-state index is 13.1. The first-order valence-corrected chi connectivity index (χ1v) is 9.12. The second-order valence-corrected chi connectivity index (χ2v) is 7.25. The van der Waals surface area contributed by atoms with Gasteiger partial charge < -0.3 is 9.84 Å². The highest BCUT2D eigenvalue weighted by Gasteiger charge is 2.34. The number of aryl methyl sites for hydroxylation is 2. The molecule has 134 valence electrons. The number of esters is 1. The summed E-state index contributed by atoms with van der Waals surface area (Å²) in [6.07, 6.45) is 2.26. The third-order valence-electron chi connectivity index (χ3n) is 4.61. The number of aromatic nitrogens is 2. The highest BCUT2D eigenvalue weighted by atomic mass is 32.1. The van der Waals surface area contributed by atoms with Gasteiger partial charge in [-0.25, -0.2) is 9.78 Å². The molecular weight excluding hydrogens is 344 g/mol. The second kappa shape index (κ2) is 6.59. The van der Waals surface area contributed by atoms with Gasteiger partial charge >= 0.3 is 11.9 Å². The summed E-state index contributed by atoms with van der Waals surface area (Å²) in [5, 5.41) is 9.67. The molecule has 1 N–H and O–H groups in total. The first kappa shape index (κ1) is 17.6. The number of carbonyl (C=O) groups excluding carboxylic acids is 1. The van der Waals surface area contributed by atoms with Crippen LogP contribution < -0.4 is 5.56 Å². The van der Waals surface area contributed by atoms with Crippen LogP contribution in [0.15, 0.2) is 4.79 Å². The highest BCUT2D eigenvalue weighted by molar-refractivity contribution is 7.18. The van der Waals surface area contributed by atoms with Gasteiger partial charge in [-0.2, -0.15) is 0 Å². The fraction of sp³-hybridized carbons (Fsp3) is 0.529. The number of ether oxygens (including phenoxy) is 1. The Balaban J connectivity index is 2.28. The number of carboxylic acid groups (broad SMARTS) is 1. The first-order chi connectivity index (χ1) is 11.9. The Kier molecular flexibility index (Phi) is 4.64. The van der Waals surface area contributed by atoms with Crippen molar-refractivity contribution in [3.8, 4) is 0 Å². The highest BCUT2D eigenvalue weighted by Crippen LogP contribution is 2.41. The lowest BCUT2D eigenvalue weighted by atomic mass is 9.86. The van der Waals surface area contributed by atoms with E-state index in [1.807, 2.05) is 0 Å². The minimum atomic E-state index is -1.10. The lowest BCUT2D eigenvalue weighted by Crippen LogP contribution is -2.31. The molecule has 2 aromatic rings. The minimum absolute atomic E-state index is 0.282. The zero-order valence-electron chi connectivity index (χ0n) is 14.4. The van der Waals surface area contributed by atoms with E-state index in [2.05, 4.69) is 4.98 Å². The summed E-state index contributed by atoms with van der Waals surface area (Å²) in [5.41, 5.74) is 0.291. The van der Waals surface area contributed by atoms with Gasteiger partial charge in [-0.3, -0.25) is 14.2 Å². The van der Waals surface area contributed by atoms with Gasteiger partial charge in [0.1, 0.15) is 16.7 Å². The average Bonchev–Trinajstić information content (AvgIpc) is 2.92. The molecule has 1 aliphatic carbocycles. The van der Waals surface area contributed by atoms with Gasteiger partial charge in [0.15, 0.2) is 0 Å². The minimum Gasteiger partial charge on any atom is -0.480 e. The van der Waals surface area contributed by atoms with Crippen molar-refractivity contribution in [2.45, 2.75) is 52.0 Å². The van der Waals surface area contributed by atoms with Crippen molar-refractivity contribution in [3.05, 3.63) is 26.6 Å². The molecule has 0 saturated carbocycles. The number of rotatable bonds is 4. The van der Waals surface area contributed by atoms with Crippen LogP contribution in [0, 0.1) is 6.92 Å². The lowest BCUT2D eigenvalue weighted by molar-refractivity contribution is -0.145. The number of thiophene rings is 1. The van der Waals surface area contributed by atoms with Crippen LogP contribution in [0.25, 0.3) is 10.2 Å². The van der Waals surface area contributed by atoms with Crippen LogP contribution in [0.3, 0.4) is 0 Å². The van der Waals surface area contributed by atoms with Crippen LogP contribution in [0.2, 0.25) is 0 Å². The van der Waals surface area contributed by atoms with Gasteiger partial charge in [0.2, 0.25) is 0 Å². The Labute approximate surface area is 148 Å². The number of fused-ring (bicyclic) bond motifs is 3. The van der Waals surface area contributed by atoms with E-state index < -0.39 is 23.5 Å². The quantitative estimate of drug-likeness (QED) is 0.837. The molecule has 1 aliphatic rings. The van der Waals surface area contributed by atoms with Crippen molar-refractivity contribution >= 4 is 33.5 Å². The van der Waals surface area contributed by atoms with Gasteiger partial charge in [0.05, 0.1) is 17.9 Å². The molecule has 0 amide bonds. The van der Waals surface area contributed by atoms with Crippen LogP contribution in [0.4, 0.5) is 0 Å². The molecule has 7 nitrogen and oxygen atoms in total. The number of hydrogen-bond donors (Lipinski definition) is 1. The maximum atomic E-state index is 13.1. The van der Waals surface area contributed by atoms with Crippen LogP contribution in [-0.4, -0.2) is 33.2 Å². The predicted octanol–water partition coefficient (Wildman–Crippen LogP) is 2.40. The summed E-state index contributed by atoms with van der Waals surface area (Å²) in [6, 6.07) is -1.02. The molecule has 2 atom stereocenters. The van der Waals surface area contributed by atoms with Gasteiger partial charge in [-0.1, -0.05) is 0 Å². The molecule has 0 fully saturated rings. The summed E-state index contributed by atoms with van der Waals surface area (Å²) >= 11 is 1.42. The third kappa shape index (κ3) is 2.84. The lowest BCUT2D eigenvalue weighted by Gasteiger charge is -2.21. The van der Waals surface area contributed by atoms with Gasteiger partial charge in [0, 0.05) is 4.88 Å². The Hall–Kier alpha value is -2.22. The van der Waals surface area contributed by atoms with Gasteiger partial charge in [-0.05, 0) is 45.6 Å². The Morgan fingerprint density at radius 2 is 2.20 bits per heavy atom. The summed E-state index contributed by atoms with van der Waals surface area (Å²) < 4.78 is 6.37. The maximum Gasteiger partial charge on any atom is 0.326 e. The van der Waals surface area contributed by atoms with Crippen molar-refractivity contribution in [3.63, 3.8) is 0 Å². The summed E-state index contributed by atoms with van der Waals surface area (Å²) in [5.74, 6) is -1.56. The fourth-order valence-electron chi connectivity index (χ4n) is 3.44. The number of carboxylic acids is 1.